The zero-order chi connectivity index (χ0) is 13.5. The fraction of sp³-hybridized carbons (Fsp3) is 0.462. The lowest BCUT2D eigenvalue weighted by Gasteiger charge is -2.11. The molecule has 0 saturated carbocycles. The van der Waals surface area contributed by atoms with Crippen LogP contribution < -0.4 is 5.73 Å². The van der Waals surface area contributed by atoms with Gasteiger partial charge < -0.3 is 10.5 Å². The van der Waals surface area contributed by atoms with Crippen molar-refractivity contribution in [3.8, 4) is 0 Å². The second-order valence-electron chi connectivity index (χ2n) is 4.10. The van der Waals surface area contributed by atoms with Gasteiger partial charge in [-0.25, -0.2) is 4.39 Å². The Kier molecular flexibility index (Phi) is 6.25. The topological polar surface area (TPSA) is 52.3 Å². The summed E-state index contributed by atoms with van der Waals surface area (Å²) < 4.78 is 18.1. The van der Waals surface area contributed by atoms with Gasteiger partial charge in [-0.15, -0.1) is 0 Å². The maximum atomic E-state index is 13.2. The summed E-state index contributed by atoms with van der Waals surface area (Å²) in [5, 5.41) is -0.00468. The zero-order valence-corrected chi connectivity index (χ0v) is 11.0. The molecule has 5 heteroatoms. The molecule has 0 saturated heterocycles. The SMILES string of the molecule is COCCCC(N)C(=O)Cc1cccc(F)c1Cl. The Morgan fingerprint density at radius 1 is 1.56 bits per heavy atom. The number of Topliss-reactive ketones (excluding diaryl/α,β-unsaturated/α-hetero) is 1. The highest BCUT2D eigenvalue weighted by Gasteiger charge is 2.16. The summed E-state index contributed by atoms with van der Waals surface area (Å²) in [6, 6.07) is 3.86. The molecule has 1 aromatic rings. The molecule has 0 fully saturated rings. The molecule has 1 atom stereocenters. The van der Waals surface area contributed by atoms with Crippen LogP contribution in [0.4, 0.5) is 4.39 Å². The zero-order valence-electron chi connectivity index (χ0n) is 10.3. The Bertz CT molecular complexity index is 412. The molecule has 0 bridgehead atoms. The molecule has 2 N–H and O–H groups in total. The summed E-state index contributed by atoms with van der Waals surface area (Å²) >= 11 is 5.78. The van der Waals surface area contributed by atoms with Crippen LogP contribution in [-0.4, -0.2) is 25.5 Å². The summed E-state index contributed by atoms with van der Waals surface area (Å²) in [6.45, 7) is 0.571. The van der Waals surface area contributed by atoms with E-state index in [-0.39, 0.29) is 17.2 Å². The van der Waals surface area contributed by atoms with Crippen molar-refractivity contribution in [2.24, 2.45) is 5.73 Å². The maximum absolute atomic E-state index is 13.2. The highest BCUT2D eigenvalue weighted by atomic mass is 35.5. The summed E-state index contributed by atoms with van der Waals surface area (Å²) in [4.78, 5) is 11.8. The van der Waals surface area contributed by atoms with Gasteiger partial charge in [-0.05, 0) is 24.5 Å². The van der Waals surface area contributed by atoms with Gasteiger partial charge in [0.05, 0.1) is 11.1 Å². The van der Waals surface area contributed by atoms with Crippen molar-refractivity contribution < 1.29 is 13.9 Å². The first kappa shape index (κ1) is 15.1. The minimum absolute atomic E-state index is 0.00468. The van der Waals surface area contributed by atoms with Crippen molar-refractivity contribution >= 4 is 17.4 Å². The van der Waals surface area contributed by atoms with Gasteiger partial charge in [-0.1, -0.05) is 23.7 Å². The maximum Gasteiger partial charge on any atom is 0.153 e. The lowest BCUT2D eigenvalue weighted by atomic mass is 10.0. The molecule has 0 heterocycles. The predicted octanol–water partition coefficient (Wildman–Crippen LogP) is 2.34. The first-order chi connectivity index (χ1) is 8.56. The molecule has 0 radical (unpaired) electrons. The number of carbonyl (C=O) groups excluding carboxylic acids is 1. The van der Waals surface area contributed by atoms with Crippen molar-refractivity contribution in [2.75, 3.05) is 13.7 Å². The molecule has 0 aliphatic rings. The van der Waals surface area contributed by atoms with Crippen LogP contribution in [0, 0.1) is 5.82 Å². The van der Waals surface area contributed by atoms with E-state index in [9.17, 15) is 9.18 Å². The molecule has 3 nitrogen and oxygen atoms in total. The van der Waals surface area contributed by atoms with Crippen molar-refractivity contribution in [1.82, 2.24) is 0 Å². The first-order valence-electron chi connectivity index (χ1n) is 5.76. The van der Waals surface area contributed by atoms with Crippen LogP contribution >= 0.6 is 11.6 Å². The van der Waals surface area contributed by atoms with Gasteiger partial charge in [0.2, 0.25) is 0 Å². The van der Waals surface area contributed by atoms with Gasteiger partial charge in [-0.2, -0.15) is 0 Å². The number of ketones is 1. The van der Waals surface area contributed by atoms with E-state index in [2.05, 4.69) is 0 Å². The molecule has 0 aromatic heterocycles. The quantitative estimate of drug-likeness (QED) is 0.776. The van der Waals surface area contributed by atoms with Crippen LogP contribution in [0.15, 0.2) is 18.2 Å². The molecular formula is C13H17ClFNO2. The number of carbonyl (C=O) groups is 1. The largest absolute Gasteiger partial charge is 0.385 e. The number of ether oxygens (including phenoxy) is 1. The normalized spacial score (nSPS) is 12.4. The Balaban J connectivity index is 2.56. The van der Waals surface area contributed by atoms with E-state index < -0.39 is 11.9 Å². The van der Waals surface area contributed by atoms with Crippen LogP contribution in [0.2, 0.25) is 5.02 Å². The number of halogens is 2. The third kappa shape index (κ3) is 4.37. The lowest BCUT2D eigenvalue weighted by molar-refractivity contribution is -0.119. The van der Waals surface area contributed by atoms with E-state index in [1.54, 1.807) is 13.2 Å². The Hall–Kier alpha value is -0.970. The van der Waals surface area contributed by atoms with Gasteiger partial charge in [0.25, 0.3) is 0 Å². The van der Waals surface area contributed by atoms with Gasteiger partial charge in [0, 0.05) is 20.1 Å². The Morgan fingerprint density at radius 2 is 2.28 bits per heavy atom. The lowest BCUT2D eigenvalue weighted by Crippen LogP contribution is -2.32. The number of benzene rings is 1. The average Bonchev–Trinajstić information content (AvgIpc) is 2.35. The molecule has 0 amide bonds. The number of rotatable bonds is 7. The smallest absolute Gasteiger partial charge is 0.153 e. The number of hydrogen-bond donors (Lipinski definition) is 1. The van der Waals surface area contributed by atoms with E-state index >= 15 is 0 Å². The van der Waals surface area contributed by atoms with Crippen LogP contribution in [-0.2, 0) is 16.0 Å². The monoisotopic (exact) mass is 273 g/mol. The summed E-state index contributed by atoms with van der Waals surface area (Å²) in [6.07, 6.45) is 1.34. The highest BCUT2D eigenvalue weighted by Crippen LogP contribution is 2.20. The summed E-state index contributed by atoms with van der Waals surface area (Å²) in [5.41, 5.74) is 6.23. The predicted molar refractivity (Wildman–Crippen MR) is 69.2 cm³/mol. The molecule has 0 aliphatic heterocycles. The molecule has 100 valence electrons. The van der Waals surface area contributed by atoms with Gasteiger partial charge in [0.1, 0.15) is 5.82 Å². The standard InChI is InChI=1S/C13H17ClFNO2/c1-18-7-3-6-11(16)12(17)8-9-4-2-5-10(15)13(9)14/h2,4-5,11H,3,6-8,16H2,1H3. The van der Waals surface area contributed by atoms with E-state index in [1.165, 1.54) is 12.1 Å². The number of nitrogens with two attached hydrogens (primary N) is 1. The van der Waals surface area contributed by atoms with Crippen LogP contribution in [0.1, 0.15) is 18.4 Å². The molecule has 1 rings (SSSR count). The molecule has 0 spiro atoms. The van der Waals surface area contributed by atoms with Crippen molar-refractivity contribution in [2.45, 2.75) is 25.3 Å². The van der Waals surface area contributed by atoms with Crippen molar-refractivity contribution in [3.05, 3.63) is 34.6 Å². The van der Waals surface area contributed by atoms with E-state index in [4.69, 9.17) is 22.1 Å². The van der Waals surface area contributed by atoms with Gasteiger partial charge >= 0.3 is 0 Å². The van der Waals surface area contributed by atoms with E-state index in [1.807, 2.05) is 0 Å². The van der Waals surface area contributed by atoms with Crippen LogP contribution in [0.3, 0.4) is 0 Å². The minimum atomic E-state index is -0.556. The molecular weight excluding hydrogens is 257 g/mol. The second kappa shape index (κ2) is 7.46. The average molecular weight is 274 g/mol. The molecule has 18 heavy (non-hydrogen) atoms. The van der Waals surface area contributed by atoms with E-state index in [0.29, 0.717) is 18.6 Å². The first-order valence-corrected chi connectivity index (χ1v) is 6.14. The van der Waals surface area contributed by atoms with E-state index in [0.717, 1.165) is 6.42 Å². The fourth-order valence-electron chi connectivity index (χ4n) is 1.61. The van der Waals surface area contributed by atoms with Crippen LogP contribution in [0.5, 0.6) is 0 Å². The number of hydrogen-bond acceptors (Lipinski definition) is 3. The minimum Gasteiger partial charge on any atom is -0.385 e. The van der Waals surface area contributed by atoms with Crippen molar-refractivity contribution in [1.29, 1.82) is 0 Å². The number of methoxy groups -OCH3 is 1. The highest BCUT2D eigenvalue weighted by molar-refractivity contribution is 6.31. The third-order valence-corrected chi connectivity index (χ3v) is 3.10. The summed E-state index contributed by atoms with van der Waals surface area (Å²) in [7, 11) is 1.60. The van der Waals surface area contributed by atoms with Gasteiger partial charge in [0.15, 0.2) is 5.78 Å². The third-order valence-electron chi connectivity index (χ3n) is 2.67. The Labute approximate surface area is 111 Å². The second-order valence-corrected chi connectivity index (χ2v) is 4.48. The molecule has 1 aromatic carbocycles. The Morgan fingerprint density at radius 3 is 2.94 bits per heavy atom. The van der Waals surface area contributed by atoms with Crippen LogP contribution in [0.25, 0.3) is 0 Å². The molecule has 1 unspecified atom stereocenters. The summed E-state index contributed by atoms with van der Waals surface area (Å²) in [5.74, 6) is -0.659. The van der Waals surface area contributed by atoms with Crippen molar-refractivity contribution in [3.63, 3.8) is 0 Å². The fourth-order valence-corrected chi connectivity index (χ4v) is 1.81. The molecule has 0 aliphatic carbocycles. The van der Waals surface area contributed by atoms with Gasteiger partial charge in [-0.3, -0.25) is 4.79 Å².